The maximum Gasteiger partial charge on any atom is 0.313 e. The fourth-order valence-corrected chi connectivity index (χ4v) is 2.93. The standard InChI is InChI=1S/C17H23ClN2O3/c1-12-6-7-13(10-14(12)18)20-16(22)15(21)19-11-17(23)8-4-2-3-5-9-17/h6-7,10,23H,2-5,8-9,11H2,1H3,(H,19,21)(H,20,22). The van der Waals surface area contributed by atoms with Gasteiger partial charge in [0.25, 0.3) is 0 Å². The summed E-state index contributed by atoms with van der Waals surface area (Å²) in [6.45, 7) is 1.96. The van der Waals surface area contributed by atoms with Crippen LogP contribution in [-0.4, -0.2) is 29.1 Å². The largest absolute Gasteiger partial charge is 0.388 e. The molecule has 23 heavy (non-hydrogen) atoms. The number of nitrogens with one attached hydrogen (secondary N) is 2. The van der Waals surface area contributed by atoms with Crippen LogP contribution < -0.4 is 10.6 Å². The number of hydrogen-bond acceptors (Lipinski definition) is 3. The van der Waals surface area contributed by atoms with E-state index in [1.165, 1.54) is 0 Å². The van der Waals surface area contributed by atoms with Gasteiger partial charge in [0.2, 0.25) is 0 Å². The van der Waals surface area contributed by atoms with Gasteiger partial charge in [0, 0.05) is 17.3 Å². The Hall–Kier alpha value is -1.59. The fraction of sp³-hybridized carbons (Fsp3) is 0.529. The molecule has 1 saturated carbocycles. The van der Waals surface area contributed by atoms with Gasteiger partial charge < -0.3 is 15.7 Å². The highest BCUT2D eigenvalue weighted by Crippen LogP contribution is 2.26. The van der Waals surface area contributed by atoms with Crippen molar-refractivity contribution in [2.24, 2.45) is 0 Å². The summed E-state index contributed by atoms with van der Waals surface area (Å²) in [4.78, 5) is 23.8. The Morgan fingerprint density at radius 2 is 1.83 bits per heavy atom. The molecule has 0 saturated heterocycles. The second-order valence-corrected chi connectivity index (χ2v) is 6.65. The van der Waals surface area contributed by atoms with Crippen LogP contribution in [0.25, 0.3) is 0 Å². The molecule has 0 spiro atoms. The van der Waals surface area contributed by atoms with Crippen molar-refractivity contribution in [3.63, 3.8) is 0 Å². The molecule has 0 atom stereocenters. The molecule has 1 aliphatic carbocycles. The van der Waals surface area contributed by atoms with Gasteiger partial charge in [-0.15, -0.1) is 0 Å². The molecule has 0 aliphatic heterocycles. The van der Waals surface area contributed by atoms with Gasteiger partial charge in [0.1, 0.15) is 0 Å². The van der Waals surface area contributed by atoms with Crippen molar-refractivity contribution >= 4 is 29.1 Å². The zero-order valence-electron chi connectivity index (χ0n) is 13.3. The number of aliphatic hydroxyl groups is 1. The van der Waals surface area contributed by atoms with Crippen LogP contribution in [0.15, 0.2) is 18.2 Å². The Bertz CT molecular complexity index is 581. The molecule has 1 aromatic carbocycles. The lowest BCUT2D eigenvalue weighted by molar-refractivity contribution is -0.136. The summed E-state index contributed by atoms with van der Waals surface area (Å²) in [6, 6.07) is 5.05. The Kier molecular flexibility index (Phi) is 6.02. The first-order valence-electron chi connectivity index (χ1n) is 7.97. The number of aryl methyl sites for hydroxylation is 1. The predicted octanol–water partition coefficient (Wildman–Crippen LogP) is 2.79. The highest BCUT2D eigenvalue weighted by atomic mass is 35.5. The van der Waals surface area contributed by atoms with Gasteiger partial charge in [-0.2, -0.15) is 0 Å². The van der Waals surface area contributed by atoms with E-state index in [2.05, 4.69) is 10.6 Å². The fourth-order valence-electron chi connectivity index (χ4n) is 2.75. The third-order valence-corrected chi connectivity index (χ3v) is 4.66. The van der Waals surface area contributed by atoms with E-state index in [1.807, 2.05) is 6.92 Å². The van der Waals surface area contributed by atoms with Crippen molar-refractivity contribution in [2.75, 3.05) is 11.9 Å². The van der Waals surface area contributed by atoms with E-state index in [1.54, 1.807) is 18.2 Å². The molecule has 2 amide bonds. The second kappa shape index (κ2) is 7.79. The predicted molar refractivity (Wildman–Crippen MR) is 90.5 cm³/mol. The SMILES string of the molecule is Cc1ccc(NC(=O)C(=O)NCC2(O)CCCCCC2)cc1Cl. The summed E-state index contributed by atoms with van der Waals surface area (Å²) in [6.07, 6.45) is 5.40. The van der Waals surface area contributed by atoms with E-state index in [0.29, 0.717) is 23.6 Å². The summed E-state index contributed by atoms with van der Waals surface area (Å²) < 4.78 is 0. The Balaban J connectivity index is 1.87. The highest BCUT2D eigenvalue weighted by molar-refractivity contribution is 6.39. The molecule has 3 N–H and O–H groups in total. The van der Waals surface area contributed by atoms with Gasteiger partial charge in [0.05, 0.1) is 5.60 Å². The lowest BCUT2D eigenvalue weighted by Gasteiger charge is -2.26. The summed E-state index contributed by atoms with van der Waals surface area (Å²) in [5, 5.41) is 16.0. The number of rotatable bonds is 3. The van der Waals surface area contributed by atoms with Gasteiger partial charge in [-0.3, -0.25) is 9.59 Å². The van der Waals surface area contributed by atoms with Gasteiger partial charge in [0.15, 0.2) is 0 Å². The third kappa shape index (κ3) is 5.22. The summed E-state index contributed by atoms with van der Waals surface area (Å²) in [5.41, 5.74) is 0.457. The van der Waals surface area contributed by atoms with Crippen molar-refractivity contribution in [3.8, 4) is 0 Å². The topological polar surface area (TPSA) is 78.4 Å². The number of halogens is 1. The lowest BCUT2D eigenvalue weighted by atomic mass is 9.94. The van der Waals surface area contributed by atoms with Gasteiger partial charge >= 0.3 is 11.8 Å². The average molecular weight is 339 g/mol. The van der Waals surface area contributed by atoms with Crippen molar-refractivity contribution in [1.82, 2.24) is 5.32 Å². The van der Waals surface area contributed by atoms with Crippen LogP contribution in [0, 0.1) is 6.92 Å². The minimum atomic E-state index is -0.903. The quantitative estimate of drug-likeness (QED) is 0.585. The molecule has 5 nitrogen and oxygen atoms in total. The highest BCUT2D eigenvalue weighted by Gasteiger charge is 2.29. The van der Waals surface area contributed by atoms with Crippen molar-refractivity contribution < 1.29 is 14.7 Å². The molecule has 1 fully saturated rings. The van der Waals surface area contributed by atoms with Crippen LogP contribution in [0.3, 0.4) is 0 Å². The molecule has 0 unspecified atom stereocenters. The first-order chi connectivity index (χ1) is 10.9. The zero-order chi connectivity index (χ0) is 16.9. The van der Waals surface area contributed by atoms with Crippen molar-refractivity contribution in [3.05, 3.63) is 28.8 Å². The van der Waals surface area contributed by atoms with Gasteiger partial charge in [-0.25, -0.2) is 0 Å². The van der Waals surface area contributed by atoms with Crippen LogP contribution in [0.1, 0.15) is 44.1 Å². The average Bonchev–Trinajstić information content (AvgIpc) is 2.74. The summed E-state index contributed by atoms with van der Waals surface area (Å²) >= 11 is 5.99. The monoisotopic (exact) mass is 338 g/mol. The molecule has 1 aromatic rings. The molecule has 0 aromatic heterocycles. The molecule has 0 heterocycles. The van der Waals surface area contributed by atoms with Gasteiger partial charge in [-0.1, -0.05) is 43.4 Å². The van der Waals surface area contributed by atoms with E-state index in [-0.39, 0.29) is 6.54 Å². The first kappa shape index (κ1) is 17.8. The number of benzene rings is 1. The molecular formula is C17H23ClN2O3. The van der Waals surface area contributed by atoms with E-state index in [0.717, 1.165) is 31.2 Å². The van der Waals surface area contributed by atoms with Crippen LogP contribution >= 0.6 is 11.6 Å². The van der Waals surface area contributed by atoms with E-state index >= 15 is 0 Å². The summed E-state index contributed by atoms with van der Waals surface area (Å²) in [5.74, 6) is -1.51. The maximum absolute atomic E-state index is 11.9. The normalized spacial score (nSPS) is 17.2. The Morgan fingerprint density at radius 3 is 2.43 bits per heavy atom. The number of amides is 2. The summed E-state index contributed by atoms with van der Waals surface area (Å²) in [7, 11) is 0. The maximum atomic E-state index is 11.9. The first-order valence-corrected chi connectivity index (χ1v) is 8.35. The van der Waals surface area contributed by atoms with E-state index in [4.69, 9.17) is 11.6 Å². The lowest BCUT2D eigenvalue weighted by Crippen LogP contribution is -2.46. The molecular weight excluding hydrogens is 316 g/mol. The second-order valence-electron chi connectivity index (χ2n) is 6.24. The minimum Gasteiger partial charge on any atom is -0.388 e. The number of carbonyl (C=O) groups is 2. The van der Waals surface area contributed by atoms with Crippen molar-refractivity contribution in [2.45, 2.75) is 51.0 Å². The molecule has 0 radical (unpaired) electrons. The van der Waals surface area contributed by atoms with Crippen LogP contribution in [0.2, 0.25) is 5.02 Å². The van der Waals surface area contributed by atoms with E-state index < -0.39 is 17.4 Å². The number of hydrogen-bond donors (Lipinski definition) is 3. The minimum absolute atomic E-state index is 0.105. The van der Waals surface area contributed by atoms with Crippen molar-refractivity contribution in [1.29, 1.82) is 0 Å². The molecule has 1 aliphatic rings. The number of anilines is 1. The molecule has 2 rings (SSSR count). The number of carbonyl (C=O) groups excluding carboxylic acids is 2. The zero-order valence-corrected chi connectivity index (χ0v) is 14.1. The van der Waals surface area contributed by atoms with Crippen LogP contribution in [0.5, 0.6) is 0 Å². The Labute approximate surface area is 141 Å². The molecule has 6 heteroatoms. The smallest absolute Gasteiger partial charge is 0.313 e. The molecule has 0 bridgehead atoms. The van der Waals surface area contributed by atoms with Crippen LogP contribution in [0.4, 0.5) is 5.69 Å². The molecule has 126 valence electrons. The van der Waals surface area contributed by atoms with Gasteiger partial charge in [-0.05, 0) is 37.5 Å². The van der Waals surface area contributed by atoms with E-state index in [9.17, 15) is 14.7 Å². The Morgan fingerprint density at radius 1 is 1.17 bits per heavy atom. The van der Waals surface area contributed by atoms with Crippen LogP contribution in [-0.2, 0) is 9.59 Å². The third-order valence-electron chi connectivity index (χ3n) is 4.25.